The van der Waals surface area contributed by atoms with Gasteiger partial charge in [-0.05, 0) is 36.9 Å². The number of nitrogens with one attached hydrogen (secondary N) is 3. The van der Waals surface area contributed by atoms with Gasteiger partial charge in [0.15, 0.2) is 5.78 Å². The van der Waals surface area contributed by atoms with Crippen LogP contribution in [-0.4, -0.2) is 30.2 Å². The zero-order valence-electron chi connectivity index (χ0n) is 14.3. The Balaban J connectivity index is 1.77. The molecule has 0 saturated heterocycles. The molecule has 1 aliphatic rings. The number of anilines is 2. The number of halogens is 1. The largest absolute Gasteiger partial charge is 0.380 e. The van der Waals surface area contributed by atoms with Crippen molar-refractivity contribution < 1.29 is 14.4 Å². The number of hydrogen-bond acceptors (Lipinski definition) is 5. The Labute approximate surface area is 159 Å². The van der Waals surface area contributed by atoms with Gasteiger partial charge in [0.05, 0.1) is 33.4 Å². The van der Waals surface area contributed by atoms with E-state index >= 15 is 0 Å². The van der Waals surface area contributed by atoms with Crippen molar-refractivity contribution in [1.82, 2.24) is 5.32 Å². The van der Waals surface area contributed by atoms with Gasteiger partial charge >= 0.3 is 0 Å². The lowest BCUT2D eigenvalue weighted by molar-refractivity contribution is -0.116. The van der Waals surface area contributed by atoms with Crippen molar-refractivity contribution in [3.63, 3.8) is 0 Å². The second-order valence-corrected chi connectivity index (χ2v) is 7.45. The Kier molecular flexibility index (Phi) is 5.29. The van der Waals surface area contributed by atoms with Crippen LogP contribution in [-0.2, 0) is 4.79 Å². The molecule has 0 radical (unpaired) electrons. The highest BCUT2D eigenvalue weighted by atomic mass is 35.5. The van der Waals surface area contributed by atoms with Crippen LogP contribution < -0.4 is 16.0 Å². The van der Waals surface area contributed by atoms with Crippen molar-refractivity contribution >= 4 is 51.9 Å². The number of carbonyl (C=O) groups is 3. The minimum Gasteiger partial charge on any atom is -0.380 e. The van der Waals surface area contributed by atoms with Crippen LogP contribution in [0.25, 0.3) is 0 Å². The molecule has 3 rings (SSSR count). The summed E-state index contributed by atoms with van der Waals surface area (Å²) in [5, 5.41) is 10.8. The van der Waals surface area contributed by atoms with E-state index in [4.69, 9.17) is 11.6 Å². The molecule has 0 fully saturated rings. The third-order valence-corrected chi connectivity index (χ3v) is 5.77. The van der Waals surface area contributed by atoms with Gasteiger partial charge in [0.25, 0.3) is 5.91 Å². The Morgan fingerprint density at radius 3 is 2.85 bits per heavy atom. The number of hydrogen-bond donors (Lipinski definition) is 3. The number of fused-ring (bicyclic) bond motifs is 1. The lowest BCUT2D eigenvalue weighted by Crippen LogP contribution is -2.30. The van der Waals surface area contributed by atoms with Gasteiger partial charge in [0.2, 0.25) is 5.91 Å². The van der Waals surface area contributed by atoms with Crippen LogP contribution in [0.15, 0.2) is 23.6 Å². The van der Waals surface area contributed by atoms with E-state index in [1.807, 2.05) is 19.2 Å². The van der Waals surface area contributed by atoms with Gasteiger partial charge in [-0.25, -0.2) is 0 Å². The van der Waals surface area contributed by atoms with E-state index in [1.165, 1.54) is 11.3 Å². The molecular weight excluding hydrogens is 374 g/mol. The van der Waals surface area contributed by atoms with Gasteiger partial charge < -0.3 is 16.0 Å². The molecule has 0 saturated carbocycles. The van der Waals surface area contributed by atoms with Gasteiger partial charge in [-0.15, -0.1) is 11.3 Å². The van der Waals surface area contributed by atoms with E-state index in [9.17, 15) is 14.4 Å². The van der Waals surface area contributed by atoms with Crippen LogP contribution >= 0.6 is 22.9 Å². The molecule has 0 aliphatic carbocycles. The molecule has 1 aromatic carbocycles. The minimum absolute atomic E-state index is 0.111. The summed E-state index contributed by atoms with van der Waals surface area (Å²) in [5.41, 5.74) is 2.32. The second-order valence-electron chi connectivity index (χ2n) is 6.19. The van der Waals surface area contributed by atoms with E-state index in [2.05, 4.69) is 16.0 Å². The Morgan fingerprint density at radius 1 is 1.38 bits per heavy atom. The monoisotopic (exact) mass is 391 g/mol. The average molecular weight is 392 g/mol. The predicted molar refractivity (Wildman–Crippen MR) is 104 cm³/mol. The first-order valence-corrected chi connectivity index (χ1v) is 9.37. The molecule has 136 valence electrons. The molecule has 26 heavy (non-hydrogen) atoms. The van der Waals surface area contributed by atoms with Crippen molar-refractivity contribution in [1.29, 1.82) is 0 Å². The Hall–Kier alpha value is -2.38. The SMILES string of the molecule is Cc1csc(C(=O)CNC(=O)c2cccc3c2NC(C)CC(=O)N3)c1Cl. The number of Topliss-reactive ketones (excluding diaryl/α,β-unsaturated/α-hetero) is 1. The maximum Gasteiger partial charge on any atom is 0.253 e. The zero-order chi connectivity index (χ0) is 18.8. The summed E-state index contributed by atoms with van der Waals surface area (Å²) in [6.07, 6.45) is 0.310. The molecule has 1 aliphatic heterocycles. The lowest BCUT2D eigenvalue weighted by Gasteiger charge is -2.16. The third kappa shape index (κ3) is 3.73. The number of carbonyl (C=O) groups excluding carboxylic acids is 3. The standard InChI is InChI=1S/C18H18ClN3O3S/c1-9-8-26-17(15(9)19)13(23)7-20-18(25)11-4-3-5-12-16(11)21-10(2)6-14(24)22-12/h3-5,8,10,21H,6-7H2,1-2H3,(H,20,25)(H,22,24). The number of benzene rings is 1. The summed E-state index contributed by atoms with van der Waals surface area (Å²) in [6, 6.07) is 4.96. The van der Waals surface area contributed by atoms with Gasteiger partial charge in [0.1, 0.15) is 0 Å². The molecule has 1 atom stereocenters. The van der Waals surface area contributed by atoms with Gasteiger partial charge in [-0.2, -0.15) is 0 Å². The first-order chi connectivity index (χ1) is 12.4. The first kappa shape index (κ1) is 18.4. The quantitative estimate of drug-likeness (QED) is 0.696. The molecule has 3 N–H and O–H groups in total. The second kappa shape index (κ2) is 7.47. The summed E-state index contributed by atoms with van der Waals surface area (Å²) in [4.78, 5) is 37.2. The summed E-state index contributed by atoms with van der Waals surface area (Å²) >= 11 is 7.37. The molecule has 2 amide bonds. The molecule has 0 spiro atoms. The molecule has 2 heterocycles. The van der Waals surface area contributed by atoms with E-state index in [1.54, 1.807) is 18.2 Å². The highest BCUT2D eigenvalue weighted by Gasteiger charge is 2.23. The molecule has 2 aromatic rings. The third-order valence-electron chi connectivity index (χ3n) is 4.03. The molecular formula is C18H18ClN3O3S. The summed E-state index contributed by atoms with van der Waals surface area (Å²) in [7, 11) is 0. The highest BCUT2D eigenvalue weighted by Crippen LogP contribution is 2.30. The van der Waals surface area contributed by atoms with Crippen LogP contribution in [0.2, 0.25) is 5.02 Å². The van der Waals surface area contributed by atoms with Crippen molar-refractivity contribution in [3.8, 4) is 0 Å². The summed E-state index contributed by atoms with van der Waals surface area (Å²) in [5.74, 6) is -0.743. The number of amides is 2. The molecule has 0 bridgehead atoms. The molecule has 8 heteroatoms. The fourth-order valence-electron chi connectivity index (χ4n) is 2.73. The zero-order valence-corrected chi connectivity index (χ0v) is 15.9. The first-order valence-electron chi connectivity index (χ1n) is 8.11. The van der Waals surface area contributed by atoms with Crippen molar-refractivity contribution in [2.24, 2.45) is 0 Å². The predicted octanol–water partition coefficient (Wildman–Crippen LogP) is 3.47. The van der Waals surface area contributed by atoms with Crippen LogP contribution in [0.3, 0.4) is 0 Å². The maximum absolute atomic E-state index is 12.6. The number of rotatable bonds is 4. The minimum atomic E-state index is -0.393. The number of thiophene rings is 1. The lowest BCUT2D eigenvalue weighted by atomic mass is 10.1. The topological polar surface area (TPSA) is 87.3 Å². The molecule has 1 aromatic heterocycles. The molecule has 1 unspecified atom stereocenters. The van der Waals surface area contributed by atoms with E-state index in [0.29, 0.717) is 33.3 Å². The number of aryl methyl sites for hydroxylation is 1. The Morgan fingerprint density at radius 2 is 2.15 bits per heavy atom. The fourth-order valence-corrected chi connectivity index (χ4v) is 3.97. The number of ketones is 1. The van der Waals surface area contributed by atoms with Crippen molar-refractivity contribution in [2.45, 2.75) is 26.3 Å². The van der Waals surface area contributed by atoms with E-state index < -0.39 is 5.91 Å². The maximum atomic E-state index is 12.6. The summed E-state index contributed by atoms with van der Waals surface area (Å²) in [6.45, 7) is 3.55. The van der Waals surface area contributed by atoms with Crippen LogP contribution in [0.5, 0.6) is 0 Å². The highest BCUT2D eigenvalue weighted by molar-refractivity contribution is 7.13. The van der Waals surface area contributed by atoms with Crippen molar-refractivity contribution in [3.05, 3.63) is 44.6 Å². The van der Waals surface area contributed by atoms with Gasteiger partial charge in [-0.3, -0.25) is 14.4 Å². The van der Waals surface area contributed by atoms with Crippen LogP contribution in [0.4, 0.5) is 11.4 Å². The normalized spacial score (nSPS) is 16.1. The van der Waals surface area contributed by atoms with Crippen LogP contribution in [0, 0.1) is 6.92 Å². The van der Waals surface area contributed by atoms with Gasteiger partial charge in [-0.1, -0.05) is 17.7 Å². The van der Waals surface area contributed by atoms with Crippen molar-refractivity contribution in [2.75, 3.05) is 17.2 Å². The smallest absolute Gasteiger partial charge is 0.253 e. The summed E-state index contributed by atoms with van der Waals surface area (Å²) < 4.78 is 0. The molecule has 6 nitrogen and oxygen atoms in total. The van der Waals surface area contributed by atoms with Gasteiger partial charge in [0, 0.05) is 12.5 Å². The van der Waals surface area contributed by atoms with E-state index in [0.717, 1.165) is 5.56 Å². The average Bonchev–Trinajstić information content (AvgIpc) is 2.84. The Bertz CT molecular complexity index is 894. The van der Waals surface area contributed by atoms with E-state index in [-0.39, 0.29) is 24.3 Å². The fraction of sp³-hybridized carbons (Fsp3) is 0.278. The number of para-hydroxylation sites is 1. The van der Waals surface area contributed by atoms with Crippen LogP contribution in [0.1, 0.15) is 38.9 Å².